The molecule has 1 unspecified atom stereocenters. The van der Waals surface area contributed by atoms with Gasteiger partial charge in [0, 0.05) is 18.4 Å². The summed E-state index contributed by atoms with van der Waals surface area (Å²) in [7, 11) is 0. The van der Waals surface area contributed by atoms with E-state index < -0.39 is 11.9 Å². The summed E-state index contributed by atoms with van der Waals surface area (Å²) in [6.07, 6.45) is 0.558. The Kier molecular flexibility index (Phi) is 3.62. The number of hydrogen-bond donors (Lipinski definition) is 0. The van der Waals surface area contributed by atoms with Crippen molar-refractivity contribution in [2.24, 2.45) is 0 Å². The first kappa shape index (κ1) is 14.0. The molecule has 2 aromatic heterocycles. The molecule has 3 heterocycles. The molecule has 1 saturated heterocycles. The summed E-state index contributed by atoms with van der Waals surface area (Å²) in [5.41, 5.74) is 0.0776. The molecule has 5 nitrogen and oxygen atoms in total. The minimum absolute atomic E-state index is 0.130. The Morgan fingerprint density at radius 3 is 2.81 bits per heavy atom. The van der Waals surface area contributed by atoms with E-state index in [9.17, 15) is 13.2 Å². The molecule has 0 aromatic carbocycles. The maximum Gasteiger partial charge on any atom is 0.433 e. The Hall–Kier alpha value is -1.96. The number of alkyl halides is 3. The standard InChI is InChI=1S/C13H13F3N4O/c14-13(15,16)12-4-3-9(6-17-12)11-8-20(19-18-11)7-10-2-1-5-21-10/h3-4,6,8,10H,1-2,5,7H2. The number of hydrogen-bond acceptors (Lipinski definition) is 4. The third kappa shape index (κ3) is 3.21. The molecule has 0 aliphatic carbocycles. The second-order valence-electron chi connectivity index (χ2n) is 4.89. The van der Waals surface area contributed by atoms with Crippen LogP contribution < -0.4 is 0 Å². The molecule has 21 heavy (non-hydrogen) atoms. The maximum atomic E-state index is 12.4. The summed E-state index contributed by atoms with van der Waals surface area (Å²) in [5.74, 6) is 0. The fourth-order valence-electron chi connectivity index (χ4n) is 2.23. The van der Waals surface area contributed by atoms with Crippen molar-refractivity contribution in [2.75, 3.05) is 6.61 Å². The van der Waals surface area contributed by atoms with Crippen LogP contribution in [0.15, 0.2) is 24.5 Å². The second kappa shape index (κ2) is 5.44. The third-order valence-corrected chi connectivity index (χ3v) is 3.30. The van der Waals surface area contributed by atoms with Gasteiger partial charge in [-0.2, -0.15) is 13.2 Å². The average molecular weight is 298 g/mol. The summed E-state index contributed by atoms with van der Waals surface area (Å²) < 4.78 is 44.5. The van der Waals surface area contributed by atoms with Crippen molar-refractivity contribution in [1.29, 1.82) is 0 Å². The minimum atomic E-state index is -4.43. The lowest BCUT2D eigenvalue weighted by Crippen LogP contribution is -2.15. The van der Waals surface area contributed by atoms with Gasteiger partial charge in [0.15, 0.2) is 0 Å². The molecular formula is C13H13F3N4O. The lowest BCUT2D eigenvalue weighted by molar-refractivity contribution is -0.141. The van der Waals surface area contributed by atoms with E-state index in [0.717, 1.165) is 31.7 Å². The molecule has 0 bridgehead atoms. The number of rotatable bonds is 3. The molecule has 0 amide bonds. The molecule has 0 N–H and O–H groups in total. The third-order valence-electron chi connectivity index (χ3n) is 3.30. The van der Waals surface area contributed by atoms with Gasteiger partial charge in [0.05, 0.1) is 18.8 Å². The summed E-state index contributed by atoms with van der Waals surface area (Å²) in [6.45, 7) is 1.36. The van der Waals surface area contributed by atoms with Crippen molar-refractivity contribution < 1.29 is 17.9 Å². The molecule has 1 fully saturated rings. The molecule has 1 aliphatic rings. The Bertz CT molecular complexity index is 603. The van der Waals surface area contributed by atoms with Crippen LogP contribution in [0.4, 0.5) is 13.2 Å². The van der Waals surface area contributed by atoms with Gasteiger partial charge < -0.3 is 4.74 Å². The van der Waals surface area contributed by atoms with Crippen LogP contribution in [0.3, 0.4) is 0 Å². The van der Waals surface area contributed by atoms with Gasteiger partial charge in [0.1, 0.15) is 11.4 Å². The molecule has 1 aliphatic heterocycles. The Balaban J connectivity index is 1.73. The highest BCUT2D eigenvalue weighted by atomic mass is 19.4. The Morgan fingerprint density at radius 1 is 1.33 bits per heavy atom. The topological polar surface area (TPSA) is 52.8 Å². The first-order valence-corrected chi connectivity index (χ1v) is 6.58. The van der Waals surface area contributed by atoms with Crippen LogP contribution >= 0.6 is 0 Å². The van der Waals surface area contributed by atoms with E-state index in [1.54, 1.807) is 10.9 Å². The lowest BCUT2D eigenvalue weighted by Gasteiger charge is -2.07. The minimum Gasteiger partial charge on any atom is -0.376 e. The van der Waals surface area contributed by atoms with Crippen molar-refractivity contribution >= 4 is 0 Å². The molecule has 8 heteroatoms. The molecule has 3 rings (SSSR count). The number of pyridine rings is 1. The Morgan fingerprint density at radius 2 is 2.19 bits per heavy atom. The summed E-state index contributed by atoms with van der Waals surface area (Å²) in [5, 5.41) is 7.92. The zero-order valence-electron chi connectivity index (χ0n) is 11.0. The highest BCUT2D eigenvalue weighted by Crippen LogP contribution is 2.28. The van der Waals surface area contributed by atoms with Crippen LogP contribution in [0.5, 0.6) is 0 Å². The smallest absolute Gasteiger partial charge is 0.376 e. The van der Waals surface area contributed by atoms with E-state index in [0.29, 0.717) is 17.8 Å². The Labute approximate surface area is 118 Å². The number of aromatic nitrogens is 4. The lowest BCUT2D eigenvalue weighted by atomic mass is 10.2. The molecule has 1 atom stereocenters. The van der Waals surface area contributed by atoms with E-state index in [2.05, 4.69) is 15.3 Å². The van der Waals surface area contributed by atoms with Crippen LogP contribution in [-0.4, -0.2) is 32.7 Å². The summed E-state index contributed by atoms with van der Waals surface area (Å²) in [6, 6.07) is 2.28. The van der Waals surface area contributed by atoms with Crippen molar-refractivity contribution in [3.05, 3.63) is 30.2 Å². The van der Waals surface area contributed by atoms with E-state index in [1.807, 2.05) is 0 Å². The van der Waals surface area contributed by atoms with Crippen molar-refractivity contribution in [3.8, 4) is 11.3 Å². The van der Waals surface area contributed by atoms with E-state index in [1.165, 1.54) is 6.07 Å². The van der Waals surface area contributed by atoms with Crippen LogP contribution in [-0.2, 0) is 17.5 Å². The van der Waals surface area contributed by atoms with Crippen LogP contribution in [0, 0.1) is 0 Å². The van der Waals surface area contributed by atoms with Gasteiger partial charge in [-0.25, -0.2) is 4.68 Å². The summed E-state index contributed by atoms with van der Waals surface area (Å²) >= 11 is 0. The van der Waals surface area contributed by atoms with E-state index in [4.69, 9.17) is 4.74 Å². The van der Waals surface area contributed by atoms with E-state index >= 15 is 0 Å². The molecule has 2 aromatic rings. The second-order valence-corrected chi connectivity index (χ2v) is 4.89. The van der Waals surface area contributed by atoms with Gasteiger partial charge in [0.25, 0.3) is 0 Å². The number of ether oxygens (including phenoxy) is 1. The zero-order valence-corrected chi connectivity index (χ0v) is 11.0. The van der Waals surface area contributed by atoms with Crippen LogP contribution in [0.2, 0.25) is 0 Å². The normalized spacial score (nSPS) is 19.1. The first-order valence-electron chi connectivity index (χ1n) is 6.58. The van der Waals surface area contributed by atoms with Crippen molar-refractivity contribution in [3.63, 3.8) is 0 Å². The summed E-state index contributed by atoms with van der Waals surface area (Å²) in [4.78, 5) is 3.41. The molecule has 0 saturated carbocycles. The van der Waals surface area contributed by atoms with Gasteiger partial charge in [-0.3, -0.25) is 4.98 Å². The van der Waals surface area contributed by atoms with Crippen molar-refractivity contribution in [1.82, 2.24) is 20.0 Å². The number of halogens is 3. The molecule has 112 valence electrons. The predicted octanol–water partition coefficient (Wildman–Crippen LogP) is 2.54. The maximum absolute atomic E-state index is 12.4. The zero-order chi connectivity index (χ0) is 14.9. The van der Waals surface area contributed by atoms with E-state index in [-0.39, 0.29) is 6.10 Å². The molecule has 0 radical (unpaired) electrons. The largest absolute Gasteiger partial charge is 0.433 e. The predicted molar refractivity (Wildman–Crippen MR) is 67.2 cm³/mol. The van der Waals surface area contributed by atoms with Gasteiger partial charge in [0.2, 0.25) is 0 Å². The van der Waals surface area contributed by atoms with Gasteiger partial charge in [-0.05, 0) is 25.0 Å². The fourth-order valence-corrected chi connectivity index (χ4v) is 2.23. The SMILES string of the molecule is FC(F)(F)c1ccc(-c2cn(CC3CCCO3)nn2)cn1. The van der Waals surface area contributed by atoms with Gasteiger partial charge >= 0.3 is 6.18 Å². The first-order chi connectivity index (χ1) is 10.0. The average Bonchev–Trinajstić information content (AvgIpc) is 3.10. The quantitative estimate of drug-likeness (QED) is 0.874. The number of nitrogens with zero attached hydrogens (tertiary/aromatic N) is 4. The van der Waals surface area contributed by atoms with Crippen LogP contribution in [0.25, 0.3) is 11.3 Å². The van der Waals surface area contributed by atoms with Crippen molar-refractivity contribution in [2.45, 2.75) is 31.7 Å². The molecule has 0 spiro atoms. The highest BCUT2D eigenvalue weighted by Gasteiger charge is 2.32. The van der Waals surface area contributed by atoms with Crippen LogP contribution in [0.1, 0.15) is 18.5 Å². The highest BCUT2D eigenvalue weighted by molar-refractivity contribution is 5.56. The van der Waals surface area contributed by atoms with Gasteiger partial charge in [-0.15, -0.1) is 5.10 Å². The van der Waals surface area contributed by atoms with Gasteiger partial charge in [-0.1, -0.05) is 5.21 Å². The molecular weight excluding hydrogens is 285 g/mol. The monoisotopic (exact) mass is 298 g/mol. The fraction of sp³-hybridized carbons (Fsp3) is 0.462.